The van der Waals surface area contributed by atoms with Gasteiger partial charge < -0.3 is 15.8 Å². The Hall–Kier alpha value is -4.38. The van der Waals surface area contributed by atoms with Crippen molar-refractivity contribution >= 4 is 5.69 Å². The molecule has 0 amide bonds. The van der Waals surface area contributed by atoms with Crippen LogP contribution in [0.1, 0.15) is 22.3 Å². The topological polar surface area (TPSA) is 50.5 Å². The van der Waals surface area contributed by atoms with E-state index in [9.17, 15) is 0 Å². The van der Waals surface area contributed by atoms with Crippen LogP contribution >= 0.6 is 0 Å². The Morgan fingerprint density at radius 3 is 1.45 bits per heavy atom. The van der Waals surface area contributed by atoms with Crippen LogP contribution in [0.25, 0.3) is 0 Å². The average molecular weight is 556 g/mol. The highest BCUT2D eigenvalue weighted by Crippen LogP contribution is 2.25. The largest absolute Gasteiger partial charge is 0.497 e. The second kappa shape index (κ2) is 15.0. The number of hydrogen-bond donors (Lipinski definition) is 2. The summed E-state index contributed by atoms with van der Waals surface area (Å²) in [6.45, 7) is 1.62. The van der Waals surface area contributed by atoms with E-state index in [2.05, 4.69) is 144 Å². The fraction of sp³-hybridized carbons (Fsp3) is 0.211. The molecule has 0 radical (unpaired) electrons. The minimum absolute atomic E-state index is 0.0498. The summed E-state index contributed by atoms with van der Waals surface area (Å²) in [7, 11) is 1.70. The molecule has 42 heavy (non-hydrogen) atoms. The number of anilines is 1. The number of benzene rings is 5. The molecule has 0 aliphatic carbocycles. The Morgan fingerprint density at radius 2 is 1.00 bits per heavy atom. The van der Waals surface area contributed by atoms with Crippen molar-refractivity contribution < 1.29 is 4.74 Å². The van der Waals surface area contributed by atoms with Crippen LogP contribution in [0.2, 0.25) is 0 Å². The van der Waals surface area contributed by atoms with E-state index in [0.29, 0.717) is 0 Å². The number of nitrogens with zero attached hydrogens (tertiary/aromatic N) is 1. The predicted molar refractivity (Wildman–Crippen MR) is 175 cm³/mol. The molecule has 0 saturated heterocycles. The highest BCUT2D eigenvalue weighted by molar-refractivity contribution is 5.48. The first-order valence-corrected chi connectivity index (χ1v) is 14.7. The molecule has 5 aromatic carbocycles. The fourth-order valence-electron chi connectivity index (χ4n) is 5.65. The van der Waals surface area contributed by atoms with E-state index in [4.69, 9.17) is 10.5 Å². The van der Waals surface area contributed by atoms with Gasteiger partial charge in [0.25, 0.3) is 0 Å². The van der Waals surface area contributed by atoms with E-state index in [1.807, 2.05) is 12.1 Å². The minimum atomic E-state index is -0.141. The Balaban J connectivity index is 1.56. The predicted octanol–water partition coefficient (Wildman–Crippen LogP) is 7.36. The van der Waals surface area contributed by atoms with Gasteiger partial charge in [-0.2, -0.15) is 0 Å². The lowest BCUT2D eigenvalue weighted by molar-refractivity contribution is 0.148. The van der Waals surface area contributed by atoms with Gasteiger partial charge in [-0.3, -0.25) is 4.90 Å². The lowest BCUT2D eigenvalue weighted by Crippen LogP contribution is -2.56. The summed E-state index contributed by atoms with van der Waals surface area (Å²) in [5, 5.41) is 3.90. The summed E-state index contributed by atoms with van der Waals surface area (Å²) in [5.41, 5.74) is 13.3. The average Bonchev–Trinajstić information content (AvgIpc) is 3.04. The zero-order valence-corrected chi connectivity index (χ0v) is 24.3. The Kier molecular flexibility index (Phi) is 10.4. The smallest absolute Gasteiger partial charge is 0.119 e. The van der Waals surface area contributed by atoms with E-state index in [0.717, 1.165) is 37.4 Å². The SMILES string of the molecule is COc1ccc(N[C@H]([C@H](N)Cc2ccccc2)[C@H](Cc2ccccc2)N(Cc2ccccc2)Cc2ccccc2)cc1. The number of ether oxygens (including phenoxy) is 1. The monoisotopic (exact) mass is 555 g/mol. The van der Waals surface area contributed by atoms with Gasteiger partial charge in [0.2, 0.25) is 0 Å². The van der Waals surface area contributed by atoms with Crippen molar-refractivity contribution in [3.05, 3.63) is 168 Å². The molecule has 0 heterocycles. The lowest BCUT2D eigenvalue weighted by atomic mass is 9.88. The second-order valence-corrected chi connectivity index (χ2v) is 10.9. The maximum Gasteiger partial charge on any atom is 0.119 e. The first-order valence-electron chi connectivity index (χ1n) is 14.7. The van der Waals surface area contributed by atoms with Crippen molar-refractivity contribution in [1.29, 1.82) is 0 Å². The third-order valence-corrected chi connectivity index (χ3v) is 7.83. The summed E-state index contributed by atoms with van der Waals surface area (Å²) in [6, 6.07) is 50.9. The standard InChI is InChI=1S/C38H41N3O/c1-42-35-24-22-34(23-25-35)40-38(36(39)26-30-14-6-2-7-15-30)37(27-31-16-8-3-9-17-31)41(28-32-18-10-4-11-19-32)29-33-20-12-5-13-21-33/h2-25,36-38,40H,26-29,39H2,1H3/t36-,37+,38-/m1/s1. The molecule has 0 aromatic heterocycles. The van der Waals surface area contributed by atoms with Gasteiger partial charge in [-0.25, -0.2) is 0 Å². The van der Waals surface area contributed by atoms with Gasteiger partial charge >= 0.3 is 0 Å². The summed E-state index contributed by atoms with van der Waals surface area (Å²) < 4.78 is 5.44. The molecule has 4 nitrogen and oxygen atoms in total. The quantitative estimate of drug-likeness (QED) is 0.150. The van der Waals surface area contributed by atoms with E-state index >= 15 is 0 Å². The molecule has 0 aliphatic heterocycles. The molecule has 4 heteroatoms. The second-order valence-electron chi connectivity index (χ2n) is 10.9. The van der Waals surface area contributed by atoms with Gasteiger partial charge in [0.05, 0.1) is 13.2 Å². The molecule has 5 rings (SSSR count). The van der Waals surface area contributed by atoms with Gasteiger partial charge in [0.15, 0.2) is 0 Å². The van der Waals surface area contributed by atoms with Gasteiger partial charge in [-0.1, -0.05) is 121 Å². The first-order chi connectivity index (χ1) is 20.7. The molecule has 3 atom stereocenters. The summed E-state index contributed by atoms with van der Waals surface area (Å²) in [4.78, 5) is 2.60. The van der Waals surface area contributed by atoms with Crippen molar-refractivity contribution in [3.63, 3.8) is 0 Å². The maximum absolute atomic E-state index is 7.22. The molecule has 0 unspecified atom stereocenters. The highest BCUT2D eigenvalue weighted by Gasteiger charge is 2.33. The van der Waals surface area contributed by atoms with E-state index in [-0.39, 0.29) is 18.1 Å². The molecule has 0 aliphatic rings. The van der Waals surface area contributed by atoms with Gasteiger partial charge in [0, 0.05) is 30.9 Å². The Morgan fingerprint density at radius 1 is 0.571 bits per heavy atom. The van der Waals surface area contributed by atoms with Crippen molar-refractivity contribution in [2.75, 3.05) is 12.4 Å². The van der Waals surface area contributed by atoms with Crippen LogP contribution in [0.15, 0.2) is 146 Å². The molecule has 0 saturated carbocycles. The molecule has 3 N–H and O–H groups in total. The van der Waals surface area contributed by atoms with Crippen molar-refractivity contribution in [1.82, 2.24) is 4.90 Å². The number of methoxy groups -OCH3 is 1. The zero-order chi connectivity index (χ0) is 29.0. The summed E-state index contributed by atoms with van der Waals surface area (Å²) in [5.74, 6) is 0.835. The van der Waals surface area contributed by atoms with Crippen LogP contribution in [0.5, 0.6) is 5.75 Å². The van der Waals surface area contributed by atoms with Crippen LogP contribution in [0.4, 0.5) is 5.69 Å². The van der Waals surface area contributed by atoms with E-state index in [1.54, 1.807) is 7.11 Å². The van der Waals surface area contributed by atoms with Crippen molar-refractivity contribution in [2.45, 2.75) is 44.1 Å². The normalized spacial score (nSPS) is 13.3. The van der Waals surface area contributed by atoms with Gasteiger partial charge in [0.1, 0.15) is 5.75 Å². The fourth-order valence-corrected chi connectivity index (χ4v) is 5.65. The van der Waals surface area contributed by atoms with Gasteiger partial charge in [-0.05, 0) is 59.4 Å². The minimum Gasteiger partial charge on any atom is -0.497 e. The maximum atomic E-state index is 7.22. The Bertz CT molecular complexity index is 1400. The highest BCUT2D eigenvalue weighted by atomic mass is 16.5. The van der Waals surface area contributed by atoms with Crippen LogP contribution in [-0.4, -0.2) is 30.1 Å². The third-order valence-electron chi connectivity index (χ3n) is 7.83. The first kappa shape index (κ1) is 29.1. The van der Waals surface area contributed by atoms with Crippen LogP contribution < -0.4 is 15.8 Å². The number of nitrogens with one attached hydrogen (secondary N) is 1. The molecule has 0 bridgehead atoms. The van der Waals surface area contributed by atoms with Crippen LogP contribution in [0.3, 0.4) is 0 Å². The molecular formula is C38H41N3O. The molecule has 0 spiro atoms. The van der Waals surface area contributed by atoms with Crippen molar-refractivity contribution in [2.24, 2.45) is 5.73 Å². The van der Waals surface area contributed by atoms with Crippen molar-refractivity contribution in [3.8, 4) is 5.75 Å². The number of nitrogens with two attached hydrogens (primary N) is 1. The summed E-state index contributed by atoms with van der Waals surface area (Å²) >= 11 is 0. The summed E-state index contributed by atoms with van der Waals surface area (Å²) in [6.07, 6.45) is 1.63. The number of hydrogen-bond acceptors (Lipinski definition) is 4. The van der Waals surface area contributed by atoms with Gasteiger partial charge in [-0.15, -0.1) is 0 Å². The molecule has 5 aromatic rings. The molecular weight excluding hydrogens is 514 g/mol. The van der Waals surface area contributed by atoms with E-state index < -0.39 is 0 Å². The molecule has 214 valence electrons. The molecule has 0 fully saturated rings. The number of rotatable bonds is 14. The van der Waals surface area contributed by atoms with E-state index in [1.165, 1.54) is 22.3 Å². The van der Waals surface area contributed by atoms with Crippen LogP contribution in [-0.2, 0) is 25.9 Å². The van der Waals surface area contributed by atoms with Crippen LogP contribution in [0, 0.1) is 0 Å². The lowest BCUT2D eigenvalue weighted by Gasteiger charge is -2.41. The third kappa shape index (κ3) is 8.32. The Labute approximate surface area is 250 Å². The zero-order valence-electron chi connectivity index (χ0n) is 24.3.